The Hall–Kier alpha value is -2.27. The molecule has 11 heteroatoms. The Morgan fingerprint density at radius 2 is 1.90 bits per heavy atom. The number of hydrogen-bond acceptors (Lipinski definition) is 6. The molecule has 0 unspecified atom stereocenters. The molecule has 1 fully saturated rings. The van der Waals surface area contributed by atoms with Crippen molar-refractivity contribution in [1.29, 1.82) is 0 Å². The van der Waals surface area contributed by atoms with Gasteiger partial charge in [-0.15, -0.1) is 0 Å². The van der Waals surface area contributed by atoms with Crippen LogP contribution >= 0.6 is 11.6 Å². The number of nitrogens with zero attached hydrogens (tertiary/aromatic N) is 3. The maximum atomic E-state index is 14.0. The lowest BCUT2D eigenvalue weighted by molar-refractivity contribution is -0.386. The first-order valence-electron chi connectivity index (χ1n) is 8.72. The highest BCUT2D eigenvalue weighted by molar-refractivity contribution is 7.89. The van der Waals surface area contributed by atoms with Crippen LogP contribution in [-0.4, -0.2) is 55.8 Å². The van der Waals surface area contributed by atoms with Crippen molar-refractivity contribution in [3.05, 3.63) is 62.9 Å². The second-order valence-corrected chi connectivity index (χ2v) is 8.82. The Balaban J connectivity index is 1.73. The molecule has 29 heavy (non-hydrogen) atoms. The van der Waals surface area contributed by atoms with Crippen molar-refractivity contribution in [3.8, 4) is 5.75 Å². The van der Waals surface area contributed by atoms with Crippen molar-refractivity contribution < 1.29 is 22.5 Å². The maximum absolute atomic E-state index is 14.0. The van der Waals surface area contributed by atoms with E-state index in [1.54, 1.807) is 6.07 Å². The van der Waals surface area contributed by atoms with Gasteiger partial charge in [0.25, 0.3) is 0 Å². The van der Waals surface area contributed by atoms with Crippen LogP contribution in [0.4, 0.5) is 10.1 Å². The van der Waals surface area contributed by atoms with E-state index in [2.05, 4.69) is 0 Å². The zero-order chi connectivity index (χ0) is 21.2. The van der Waals surface area contributed by atoms with Crippen LogP contribution in [-0.2, 0) is 16.6 Å². The number of rotatable bonds is 6. The van der Waals surface area contributed by atoms with Gasteiger partial charge in [0.2, 0.25) is 10.0 Å². The summed E-state index contributed by atoms with van der Waals surface area (Å²) >= 11 is 6.06. The molecule has 0 radical (unpaired) electrons. The molecule has 0 aliphatic carbocycles. The van der Waals surface area contributed by atoms with E-state index in [9.17, 15) is 22.9 Å². The summed E-state index contributed by atoms with van der Waals surface area (Å²) in [4.78, 5) is 12.2. The molecular weight excluding hydrogens is 425 g/mol. The van der Waals surface area contributed by atoms with E-state index in [1.165, 1.54) is 35.7 Å². The van der Waals surface area contributed by atoms with Crippen molar-refractivity contribution in [2.45, 2.75) is 11.4 Å². The van der Waals surface area contributed by atoms with E-state index in [1.807, 2.05) is 4.90 Å². The summed E-state index contributed by atoms with van der Waals surface area (Å²) < 4.78 is 45.9. The van der Waals surface area contributed by atoms with Gasteiger partial charge in [0.05, 0.1) is 16.9 Å². The minimum Gasteiger partial charge on any atom is -0.490 e. The van der Waals surface area contributed by atoms with Crippen molar-refractivity contribution in [2.24, 2.45) is 0 Å². The molecule has 156 valence electrons. The van der Waals surface area contributed by atoms with Gasteiger partial charge in [-0.2, -0.15) is 4.31 Å². The van der Waals surface area contributed by atoms with Crippen LogP contribution in [0.15, 0.2) is 41.3 Å². The van der Waals surface area contributed by atoms with Crippen LogP contribution in [0.1, 0.15) is 5.56 Å². The SMILES string of the molecule is COc1ccc(S(=O)(=O)N2CCN(Cc3c(F)cccc3Cl)CC2)cc1[N+](=O)[O-]. The zero-order valence-corrected chi connectivity index (χ0v) is 17.1. The third-order valence-corrected chi connectivity index (χ3v) is 7.01. The summed E-state index contributed by atoms with van der Waals surface area (Å²) in [6.07, 6.45) is 0. The van der Waals surface area contributed by atoms with Crippen LogP contribution in [0.5, 0.6) is 5.75 Å². The molecule has 0 amide bonds. The van der Waals surface area contributed by atoms with E-state index >= 15 is 0 Å². The standard InChI is InChI=1S/C18H19ClFN3O5S/c1-28-18-6-5-13(11-17(18)23(24)25)29(26,27)22-9-7-21(8-10-22)12-14-15(19)3-2-4-16(14)20/h2-6,11H,7-10,12H2,1H3. The van der Waals surface area contributed by atoms with Gasteiger partial charge in [0.15, 0.2) is 5.75 Å². The van der Waals surface area contributed by atoms with Gasteiger partial charge in [-0.05, 0) is 24.3 Å². The Bertz CT molecular complexity index is 1010. The highest BCUT2D eigenvalue weighted by Gasteiger charge is 2.31. The quantitative estimate of drug-likeness (QED) is 0.503. The van der Waals surface area contributed by atoms with Gasteiger partial charge in [0, 0.05) is 49.4 Å². The Morgan fingerprint density at radius 1 is 1.21 bits per heavy atom. The zero-order valence-electron chi connectivity index (χ0n) is 15.5. The van der Waals surface area contributed by atoms with Gasteiger partial charge in [-0.3, -0.25) is 15.0 Å². The highest BCUT2D eigenvalue weighted by atomic mass is 35.5. The summed E-state index contributed by atoms with van der Waals surface area (Å²) in [6.45, 7) is 1.38. The predicted octanol–water partition coefficient (Wildman–Crippen LogP) is 2.90. The van der Waals surface area contributed by atoms with E-state index in [4.69, 9.17) is 16.3 Å². The highest BCUT2D eigenvalue weighted by Crippen LogP contribution is 2.31. The first kappa shape index (κ1) is 21.4. The largest absolute Gasteiger partial charge is 0.490 e. The van der Waals surface area contributed by atoms with Crippen LogP contribution in [0.2, 0.25) is 5.02 Å². The number of nitro benzene ring substituents is 1. The molecule has 0 bridgehead atoms. The van der Waals surface area contributed by atoms with Gasteiger partial charge in [0.1, 0.15) is 5.82 Å². The number of methoxy groups -OCH3 is 1. The average Bonchev–Trinajstić information content (AvgIpc) is 2.70. The Labute approximate surface area is 172 Å². The fraction of sp³-hybridized carbons (Fsp3) is 0.333. The fourth-order valence-corrected chi connectivity index (χ4v) is 4.82. The second kappa shape index (κ2) is 8.62. The minimum atomic E-state index is -3.91. The number of halogens is 2. The first-order valence-corrected chi connectivity index (χ1v) is 10.5. The molecule has 1 aliphatic rings. The average molecular weight is 444 g/mol. The monoisotopic (exact) mass is 443 g/mol. The molecule has 0 aromatic heterocycles. The van der Waals surface area contributed by atoms with Crippen molar-refractivity contribution in [3.63, 3.8) is 0 Å². The van der Waals surface area contributed by atoms with Crippen LogP contribution in [0.3, 0.4) is 0 Å². The molecular formula is C18H19ClFN3O5S. The fourth-order valence-electron chi connectivity index (χ4n) is 3.16. The van der Waals surface area contributed by atoms with Crippen LogP contribution in [0, 0.1) is 15.9 Å². The third kappa shape index (κ3) is 4.50. The number of benzene rings is 2. The summed E-state index contributed by atoms with van der Waals surface area (Å²) in [5, 5.41) is 11.5. The van der Waals surface area contributed by atoms with Crippen molar-refractivity contribution in [1.82, 2.24) is 9.21 Å². The lowest BCUT2D eigenvalue weighted by Gasteiger charge is -2.34. The number of piperazine rings is 1. The summed E-state index contributed by atoms with van der Waals surface area (Å²) in [5.74, 6) is -0.418. The maximum Gasteiger partial charge on any atom is 0.312 e. The number of hydrogen-bond donors (Lipinski definition) is 0. The molecule has 2 aromatic carbocycles. The molecule has 0 atom stereocenters. The van der Waals surface area contributed by atoms with Gasteiger partial charge >= 0.3 is 5.69 Å². The summed E-state index contributed by atoms with van der Waals surface area (Å²) in [5.41, 5.74) is -0.0438. The lowest BCUT2D eigenvalue weighted by Crippen LogP contribution is -2.48. The van der Waals surface area contributed by atoms with E-state index in [0.29, 0.717) is 23.7 Å². The first-order chi connectivity index (χ1) is 13.7. The number of ether oxygens (including phenoxy) is 1. The Kier molecular flexibility index (Phi) is 6.37. The Morgan fingerprint density at radius 3 is 2.48 bits per heavy atom. The molecule has 3 rings (SSSR count). The predicted molar refractivity (Wildman–Crippen MR) is 105 cm³/mol. The molecule has 0 N–H and O–H groups in total. The number of sulfonamides is 1. The third-order valence-electron chi connectivity index (χ3n) is 4.76. The minimum absolute atomic E-state index is 0.0134. The van der Waals surface area contributed by atoms with Crippen LogP contribution < -0.4 is 4.74 Å². The molecule has 0 saturated carbocycles. The van der Waals surface area contributed by atoms with E-state index < -0.39 is 26.5 Å². The van der Waals surface area contributed by atoms with Gasteiger partial charge in [-0.25, -0.2) is 12.8 Å². The van der Waals surface area contributed by atoms with E-state index in [-0.39, 0.29) is 30.3 Å². The molecule has 2 aromatic rings. The van der Waals surface area contributed by atoms with E-state index in [0.717, 1.165) is 6.07 Å². The topological polar surface area (TPSA) is 93.0 Å². The summed E-state index contributed by atoms with van der Waals surface area (Å²) in [6, 6.07) is 8.02. The molecule has 1 aliphatic heterocycles. The molecule has 1 heterocycles. The second-order valence-electron chi connectivity index (χ2n) is 6.47. The summed E-state index contributed by atoms with van der Waals surface area (Å²) in [7, 11) is -2.63. The number of nitro groups is 1. The van der Waals surface area contributed by atoms with Crippen LogP contribution in [0.25, 0.3) is 0 Å². The smallest absolute Gasteiger partial charge is 0.312 e. The molecule has 1 saturated heterocycles. The lowest BCUT2D eigenvalue weighted by atomic mass is 10.2. The van der Waals surface area contributed by atoms with Gasteiger partial charge in [-0.1, -0.05) is 17.7 Å². The molecule has 8 nitrogen and oxygen atoms in total. The molecule has 0 spiro atoms. The van der Waals surface area contributed by atoms with Gasteiger partial charge < -0.3 is 4.74 Å². The van der Waals surface area contributed by atoms with Crippen molar-refractivity contribution >= 4 is 27.3 Å². The normalized spacial score (nSPS) is 16.0. The van der Waals surface area contributed by atoms with Crippen molar-refractivity contribution in [2.75, 3.05) is 33.3 Å².